The number of hydrogen-bond acceptors (Lipinski definition) is 6. The molecule has 0 aromatic carbocycles. The van der Waals surface area contributed by atoms with Crippen molar-refractivity contribution in [3.05, 3.63) is 48.9 Å². The molecule has 0 aliphatic rings. The third-order valence-corrected chi connectivity index (χ3v) is 3.80. The second-order valence-electron chi connectivity index (χ2n) is 8.79. The number of aromatic nitrogens is 3. The fraction of sp³-hybridized carbons (Fsp3) is 0.364. The van der Waals surface area contributed by atoms with Gasteiger partial charge in [0.15, 0.2) is 0 Å². The summed E-state index contributed by atoms with van der Waals surface area (Å²) in [6.45, 7) is 10.3. The number of rotatable bonds is 2. The first-order valence-corrected chi connectivity index (χ1v) is 9.59. The van der Waals surface area contributed by atoms with E-state index < -0.39 is 23.4 Å². The SMILES string of the molecule is CC(C)(C)OC(=O)N(C(=O)OC(C)(C)C)c1cccc(-c2ccc3nccn3c2)n1. The third kappa shape index (κ3) is 5.14. The topological polar surface area (TPSA) is 86.0 Å². The maximum absolute atomic E-state index is 12.8. The van der Waals surface area contributed by atoms with E-state index >= 15 is 0 Å². The van der Waals surface area contributed by atoms with Crippen molar-refractivity contribution in [3.63, 3.8) is 0 Å². The molecule has 0 N–H and O–H groups in total. The summed E-state index contributed by atoms with van der Waals surface area (Å²) < 4.78 is 12.7. The minimum Gasteiger partial charge on any atom is -0.443 e. The second-order valence-corrected chi connectivity index (χ2v) is 8.79. The van der Waals surface area contributed by atoms with Crippen LogP contribution in [0.25, 0.3) is 16.9 Å². The first-order chi connectivity index (χ1) is 13.9. The van der Waals surface area contributed by atoms with Gasteiger partial charge >= 0.3 is 12.2 Å². The van der Waals surface area contributed by atoms with E-state index in [1.165, 1.54) is 0 Å². The molecule has 3 rings (SSSR count). The molecular formula is C22H26N4O4. The zero-order valence-electron chi connectivity index (χ0n) is 18.0. The zero-order chi connectivity index (χ0) is 22.1. The summed E-state index contributed by atoms with van der Waals surface area (Å²) in [5, 5.41) is 0. The Bertz CT molecular complexity index is 1050. The molecule has 0 spiro atoms. The van der Waals surface area contributed by atoms with Crippen LogP contribution in [-0.2, 0) is 9.47 Å². The molecule has 0 aliphatic carbocycles. The number of pyridine rings is 2. The van der Waals surface area contributed by atoms with E-state index in [1.807, 2.05) is 28.9 Å². The Morgan fingerprint density at radius 1 is 0.933 bits per heavy atom. The van der Waals surface area contributed by atoms with Crippen molar-refractivity contribution in [2.75, 3.05) is 4.90 Å². The largest absolute Gasteiger partial charge is 0.443 e. The van der Waals surface area contributed by atoms with Crippen LogP contribution in [0.3, 0.4) is 0 Å². The van der Waals surface area contributed by atoms with Crippen molar-refractivity contribution in [1.82, 2.24) is 14.4 Å². The van der Waals surface area contributed by atoms with Gasteiger partial charge in [0.2, 0.25) is 0 Å². The molecule has 158 valence electrons. The average Bonchev–Trinajstić information content (AvgIpc) is 3.06. The summed E-state index contributed by atoms with van der Waals surface area (Å²) in [4.78, 5) is 35.2. The number of amides is 2. The second kappa shape index (κ2) is 7.78. The Balaban J connectivity index is 2.01. The molecule has 0 unspecified atom stereocenters. The van der Waals surface area contributed by atoms with E-state index in [0.29, 0.717) is 5.69 Å². The molecule has 3 aromatic rings. The number of carbonyl (C=O) groups excluding carboxylic acids is 2. The average molecular weight is 410 g/mol. The lowest BCUT2D eigenvalue weighted by Gasteiger charge is -2.28. The van der Waals surface area contributed by atoms with Gasteiger partial charge in [0.25, 0.3) is 0 Å². The van der Waals surface area contributed by atoms with Gasteiger partial charge in [-0.05, 0) is 65.8 Å². The predicted octanol–water partition coefficient (Wildman–Crippen LogP) is 5.07. The fourth-order valence-corrected chi connectivity index (χ4v) is 2.66. The number of imidazole rings is 1. The number of anilines is 1. The van der Waals surface area contributed by atoms with E-state index in [1.54, 1.807) is 65.9 Å². The van der Waals surface area contributed by atoms with Crippen LogP contribution in [0.2, 0.25) is 0 Å². The van der Waals surface area contributed by atoms with Crippen LogP contribution in [0.4, 0.5) is 15.4 Å². The van der Waals surface area contributed by atoms with Gasteiger partial charge in [0.05, 0.1) is 5.69 Å². The highest BCUT2D eigenvalue weighted by atomic mass is 16.6. The quantitative estimate of drug-likeness (QED) is 0.586. The van der Waals surface area contributed by atoms with E-state index in [0.717, 1.165) is 16.1 Å². The van der Waals surface area contributed by atoms with E-state index in [2.05, 4.69) is 9.97 Å². The van der Waals surface area contributed by atoms with Crippen LogP contribution in [-0.4, -0.2) is 37.8 Å². The van der Waals surface area contributed by atoms with Crippen molar-refractivity contribution in [1.29, 1.82) is 0 Å². The summed E-state index contributed by atoms with van der Waals surface area (Å²) in [5.74, 6) is 0.113. The van der Waals surface area contributed by atoms with Crippen LogP contribution in [0.5, 0.6) is 0 Å². The summed E-state index contributed by atoms with van der Waals surface area (Å²) in [7, 11) is 0. The zero-order valence-corrected chi connectivity index (χ0v) is 18.0. The molecule has 8 nitrogen and oxygen atoms in total. The molecule has 0 saturated heterocycles. The molecule has 0 aliphatic heterocycles. The molecule has 3 heterocycles. The summed E-state index contributed by atoms with van der Waals surface area (Å²) in [6.07, 6.45) is 3.70. The molecule has 0 saturated carbocycles. The van der Waals surface area contributed by atoms with Gasteiger partial charge in [-0.15, -0.1) is 0 Å². The molecule has 0 atom stereocenters. The van der Waals surface area contributed by atoms with E-state index in [4.69, 9.17) is 9.47 Å². The normalized spacial score (nSPS) is 11.9. The van der Waals surface area contributed by atoms with Gasteiger partial charge in [-0.1, -0.05) is 6.07 Å². The van der Waals surface area contributed by atoms with Gasteiger partial charge in [-0.3, -0.25) is 0 Å². The lowest BCUT2D eigenvalue weighted by atomic mass is 10.2. The van der Waals surface area contributed by atoms with Crippen molar-refractivity contribution in [2.45, 2.75) is 52.7 Å². The smallest absolute Gasteiger partial charge is 0.425 e. The Morgan fingerprint density at radius 2 is 1.57 bits per heavy atom. The van der Waals surface area contributed by atoms with Crippen LogP contribution in [0.15, 0.2) is 48.9 Å². The lowest BCUT2D eigenvalue weighted by Crippen LogP contribution is -2.44. The van der Waals surface area contributed by atoms with Crippen LogP contribution >= 0.6 is 0 Å². The first kappa shape index (κ1) is 21.3. The van der Waals surface area contributed by atoms with Crippen molar-refractivity contribution in [3.8, 4) is 11.3 Å². The van der Waals surface area contributed by atoms with E-state index in [-0.39, 0.29) is 5.82 Å². The van der Waals surface area contributed by atoms with Gasteiger partial charge < -0.3 is 13.9 Å². The lowest BCUT2D eigenvalue weighted by molar-refractivity contribution is 0.0429. The first-order valence-electron chi connectivity index (χ1n) is 9.59. The third-order valence-electron chi connectivity index (χ3n) is 3.80. The molecular weight excluding hydrogens is 384 g/mol. The Labute approximate surface area is 175 Å². The van der Waals surface area contributed by atoms with Crippen LogP contribution in [0.1, 0.15) is 41.5 Å². The number of carbonyl (C=O) groups is 2. The van der Waals surface area contributed by atoms with Gasteiger partial charge in [-0.25, -0.2) is 19.6 Å². The molecule has 0 fully saturated rings. The number of nitrogens with zero attached hydrogens (tertiary/aromatic N) is 4. The molecule has 2 amide bonds. The fourth-order valence-electron chi connectivity index (χ4n) is 2.66. The molecule has 30 heavy (non-hydrogen) atoms. The van der Waals surface area contributed by atoms with Crippen molar-refractivity contribution >= 4 is 23.7 Å². The van der Waals surface area contributed by atoms with Crippen LogP contribution in [0, 0.1) is 0 Å². The van der Waals surface area contributed by atoms with Gasteiger partial charge in [0.1, 0.15) is 22.7 Å². The summed E-state index contributed by atoms with van der Waals surface area (Å²) in [6, 6.07) is 8.82. The molecule has 8 heteroatoms. The molecule has 0 radical (unpaired) electrons. The van der Waals surface area contributed by atoms with Gasteiger partial charge in [-0.2, -0.15) is 4.90 Å². The number of imide groups is 1. The summed E-state index contributed by atoms with van der Waals surface area (Å²) in [5.41, 5.74) is 0.609. The molecule has 3 aromatic heterocycles. The van der Waals surface area contributed by atoms with Crippen molar-refractivity contribution in [2.24, 2.45) is 0 Å². The van der Waals surface area contributed by atoms with Crippen LogP contribution < -0.4 is 4.90 Å². The maximum atomic E-state index is 12.8. The Kier molecular flexibility index (Phi) is 5.52. The minimum atomic E-state index is -0.855. The Hall–Kier alpha value is -3.42. The predicted molar refractivity (Wildman–Crippen MR) is 113 cm³/mol. The highest BCUT2D eigenvalue weighted by molar-refractivity contribution is 6.08. The summed E-state index contributed by atoms with van der Waals surface area (Å²) >= 11 is 0. The van der Waals surface area contributed by atoms with Gasteiger partial charge in [0, 0.05) is 24.2 Å². The maximum Gasteiger partial charge on any atom is 0.425 e. The monoisotopic (exact) mass is 410 g/mol. The van der Waals surface area contributed by atoms with Crippen molar-refractivity contribution < 1.29 is 19.1 Å². The number of ether oxygens (including phenoxy) is 2. The Morgan fingerprint density at radius 3 is 2.17 bits per heavy atom. The minimum absolute atomic E-state index is 0.113. The highest BCUT2D eigenvalue weighted by Gasteiger charge is 2.33. The van der Waals surface area contributed by atoms with E-state index in [9.17, 15) is 9.59 Å². The molecule has 0 bridgehead atoms. The highest BCUT2D eigenvalue weighted by Crippen LogP contribution is 2.24. The standard InChI is InChI=1S/C22H26N4O4/c1-21(2,3)29-19(27)26(20(28)30-22(4,5)6)18-9-7-8-16(24-18)15-10-11-17-23-12-13-25(17)14-15/h7-14H,1-6H3. The number of hydrogen-bond donors (Lipinski definition) is 0. The number of fused-ring (bicyclic) bond motifs is 1.